The monoisotopic (exact) mass is 433 g/mol. The van der Waals surface area contributed by atoms with E-state index in [9.17, 15) is 9.90 Å². The fourth-order valence-corrected chi connectivity index (χ4v) is 4.19. The highest BCUT2D eigenvalue weighted by molar-refractivity contribution is 7.11. The number of ether oxygens (including phenoxy) is 1. The van der Waals surface area contributed by atoms with Crippen molar-refractivity contribution < 1.29 is 14.6 Å². The lowest BCUT2D eigenvalue weighted by molar-refractivity contribution is 0.0334. The van der Waals surface area contributed by atoms with Gasteiger partial charge in [0.15, 0.2) is 0 Å². The van der Waals surface area contributed by atoms with E-state index in [1.54, 1.807) is 23.1 Å². The number of carbonyl (C=O) groups is 1. The predicted molar refractivity (Wildman–Crippen MR) is 124 cm³/mol. The Hall–Kier alpha value is -3.45. The van der Waals surface area contributed by atoms with E-state index in [-0.39, 0.29) is 24.2 Å². The first-order valence-electron chi connectivity index (χ1n) is 10.1. The van der Waals surface area contributed by atoms with Gasteiger partial charge < -0.3 is 14.7 Å². The molecule has 31 heavy (non-hydrogen) atoms. The number of aliphatic hydroxyl groups is 1. The number of nitrogens with zero attached hydrogens (tertiary/aromatic N) is 2. The molecule has 2 N–H and O–H groups in total. The summed E-state index contributed by atoms with van der Waals surface area (Å²) in [5, 5.41) is 21.8. The van der Waals surface area contributed by atoms with Crippen LogP contribution in [0, 0.1) is 5.41 Å². The Morgan fingerprint density at radius 3 is 2.77 bits per heavy atom. The van der Waals surface area contributed by atoms with Crippen LogP contribution in [-0.2, 0) is 4.74 Å². The fraction of sp³-hybridized carbons (Fsp3) is 0.208. The largest absolute Gasteiger partial charge is 0.510 e. The number of nitrogens with one attached hydrogen (secondary N) is 1. The third-order valence-corrected chi connectivity index (χ3v) is 6.03. The van der Waals surface area contributed by atoms with Crippen LogP contribution in [0.5, 0.6) is 0 Å². The van der Waals surface area contributed by atoms with Crippen molar-refractivity contribution >= 4 is 34.4 Å². The Kier molecular flexibility index (Phi) is 5.86. The van der Waals surface area contributed by atoms with Gasteiger partial charge in [0, 0.05) is 16.6 Å². The summed E-state index contributed by atoms with van der Waals surface area (Å²) < 4.78 is 5.41. The van der Waals surface area contributed by atoms with Gasteiger partial charge in [-0.3, -0.25) is 5.41 Å². The van der Waals surface area contributed by atoms with Gasteiger partial charge in [-0.15, -0.1) is 11.3 Å². The van der Waals surface area contributed by atoms with Crippen LogP contribution in [0.15, 0.2) is 65.7 Å². The SMILES string of the molecule is CCC(C)OC(=O)c1cccc(N2CC(O)=C(c3nc(-c4ccccc4)cs3)C2=N)c1. The Labute approximate surface area is 185 Å². The van der Waals surface area contributed by atoms with E-state index in [0.717, 1.165) is 17.7 Å². The maximum atomic E-state index is 12.4. The number of aromatic nitrogens is 1. The number of anilines is 1. The van der Waals surface area contributed by atoms with E-state index >= 15 is 0 Å². The molecule has 0 aliphatic carbocycles. The summed E-state index contributed by atoms with van der Waals surface area (Å²) in [6, 6.07) is 16.7. The molecule has 0 radical (unpaired) electrons. The number of carbonyl (C=O) groups excluding carboxylic acids is 1. The second kappa shape index (κ2) is 8.73. The number of hydrogen-bond donors (Lipinski definition) is 2. The van der Waals surface area contributed by atoms with Crippen molar-refractivity contribution in [3.63, 3.8) is 0 Å². The van der Waals surface area contributed by atoms with Crippen LogP contribution in [0.3, 0.4) is 0 Å². The van der Waals surface area contributed by atoms with Crippen molar-refractivity contribution in [1.29, 1.82) is 5.41 Å². The van der Waals surface area contributed by atoms with E-state index < -0.39 is 5.97 Å². The second-order valence-corrected chi connectivity index (χ2v) is 8.19. The number of esters is 1. The first kappa shape index (κ1) is 20.8. The number of benzene rings is 2. The molecule has 2 aromatic carbocycles. The van der Waals surface area contributed by atoms with Crippen LogP contribution in [0.2, 0.25) is 0 Å². The highest BCUT2D eigenvalue weighted by Crippen LogP contribution is 2.34. The van der Waals surface area contributed by atoms with E-state index in [2.05, 4.69) is 4.98 Å². The Bertz CT molecular complexity index is 1150. The van der Waals surface area contributed by atoms with Crippen LogP contribution < -0.4 is 4.90 Å². The van der Waals surface area contributed by atoms with Gasteiger partial charge in [-0.1, -0.05) is 43.3 Å². The fourth-order valence-electron chi connectivity index (χ4n) is 3.29. The van der Waals surface area contributed by atoms with Crippen LogP contribution in [0.1, 0.15) is 35.6 Å². The summed E-state index contributed by atoms with van der Waals surface area (Å²) in [6.07, 6.45) is 0.574. The summed E-state index contributed by atoms with van der Waals surface area (Å²) in [7, 11) is 0. The molecule has 0 amide bonds. The Balaban J connectivity index is 1.57. The molecule has 1 aromatic heterocycles. The van der Waals surface area contributed by atoms with Crippen molar-refractivity contribution in [2.24, 2.45) is 0 Å². The van der Waals surface area contributed by atoms with E-state index in [0.29, 0.717) is 21.8 Å². The molecule has 158 valence electrons. The highest BCUT2D eigenvalue weighted by atomic mass is 32.1. The smallest absolute Gasteiger partial charge is 0.338 e. The van der Waals surface area contributed by atoms with Crippen molar-refractivity contribution in [3.8, 4) is 11.3 Å². The summed E-state index contributed by atoms with van der Waals surface area (Å²) in [6.45, 7) is 3.96. The Morgan fingerprint density at radius 2 is 2.03 bits per heavy atom. The molecule has 3 aromatic rings. The zero-order chi connectivity index (χ0) is 22.0. The van der Waals surface area contributed by atoms with Crippen molar-refractivity contribution in [1.82, 2.24) is 4.98 Å². The molecule has 1 aliphatic heterocycles. The maximum Gasteiger partial charge on any atom is 0.338 e. The number of hydrogen-bond acceptors (Lipinski definition) is 6. The molecule has 0 fully saturated rings. The molecule has 0 saturated carbocycles. The first-order valence-corrected chi connectivity index (χ1v) is 11.0. The quantitative estimate of drug-likeness (QED) is 0.499. The number of aliphatic hydroxyl groups excluding tert-OH is 1. The van der Waals surface area contributed by atoms with Gasteiger partial charge in [0.05, 0.1) is 29.5 Å². The van der Waals surface area contributed by atoms with Gasteiger partial charge in [-0.25, -0.2) is 9.78 Å². The summed E-state index contributed by atoms with van der Waals surface area (Å²) in [5.41, 5.74) is 3.27. The zero-order valence-electron chi connectivity index (χ0n) is 17.3. The lowest BCUT2D eigenvalue weighted by Gasteiger charge is -2.19. The van der Waals surface area contributed by atoms with Gasteiger partial charge in [0.1, 0.15) is 16.6 Å². The van der Waals surface area contributed by atoms with Gasteiger partial charge in [-0.2, -0.15) is 0 Å². The standard InChI is InChI=1S/C24H23N3O3S/c1-3-15(2)30-24(29)17-10-7-11-18(12-17)27-13-20(28)21(22(27)25)23-26-19(14-31-23)16-8-5-4-6-9-16/h4-12,14-15,25,28H,3,13H2,1-2H3. The molecular formula is C24H23N3O3S. The molecule has 1 aliphatic rings. The number of thiazole rings is 1. The highest BCUT2D eigenvalue weighted by Gasteiger charge is 2.31. The molecule has 0 bridgehead atoms. The van der Waals surface area contributed by atoms with Crippen molar-refractivity contribution in [2.75, 3.05) is 11.4 Å². The summed E-state index contributed by atoms with van der Waals surface area (Å²) in [5.74, 6) is -0.155. The lowest BCUT2D eigenvalue weighted by atomic mass is 10.1. The lowest BCUT2D eigenvalue weighted by Crippen LogP contribution is -2.26. The first-order chi connectivity index (χ1) is 15.0. The van der Waals surface area contributed by atoms with Crippen molar-refractivity contribution in [2.45, 2.75) is 26.4 Å². The van der Waals surface area contributed by atoms with Crippen LogP contribution in [-0.4, -0.2) is 34.5 Å². The van der Waals surface area contributed by atoms with E-state index in [4.69, 9.17) is 10.1 Å². The van der Waals surface area contributed by atoms with Gasteiger partial charge >= 0.3 is 5.97 Å². The van der Waals surface area contributed by atoms with Crippen molar-refractivity contribution in [3.05, 3.63) is 76.3 Å². The predicted octanol–water partition coefficient (Wildman–Crippen LogP) is 5.53. The zero-order valence-corrected chi connectivity index (χ0v) is 18.1. The molecule has 1 unspecified atom stereocenters. The Morgan fingerprint density at radius 1 is 1.26 bits per heavy atom. The van der Waals surface area contributed by atoms with E-state index in [1.807, 2.05) is 55.6 Å². The normalized spacial score (nSPS) is 14.8. The number of amidine groups is 1. The van der Waals surface area contributed by atoms with Crippen LogP contribution in [0.4, 0.5) is 5.69 Å². The summed E-state index contributed by atoms with van der Waals surface area (Å²) >= 11 is 1.39. The number of rotatable bonds is 6. The molecule has 2 heterocycles. The van der Waals surface area contributed by atoms with Crippen LogP contribution >= 0.6 is 11.3 Å². The molecule has 0 saturated heterocycles. The minimum atomic E-state index is -0.397. The average molecular weight is 434 g/mol. The third-order valence-electron chi connectivity index (χ3n) is 5.17. The van der Waals surface area contributed by atoms with Gasteiger partial charge in [0.2, 0.25) is 0 Å². The minimum Gasteiger partial charge on any atom is -0.510 e. The van der Waals surface area contributed by atoms with Crippen LogP contribution in [0.25, 0.3) is 16.8 Å². The topological polar surface area (TPSA) is 86.5 Å². The average Bonchev–Trinajstić information content (AvgIpc) is 3.38. The second-order valence-electron chi connectivity index (χ2n) is 7.33. The molecule has 7 heteroatoms. The van der Waals surface area contributed by atoms with Gasteiger partial charge in [-0.05, 0) is 31.5 Å². The molecule has 6 nitrogen and oxygen atoms in total. The molecule has 0 spiro atoms. The molecule has 4 rings (SSSR count). The minimum absolute atomic E-state index is 0.0894. The maximum absolute atomic E-state index is 12.4. The molecule has 1 atom stereocenters. The summed E-state index contributed by atoms with van der Waals surface area (Å²) in [4.78, 5) is 18.7. The van der Waals surface area contributed by atoms with E-state index in [1.165, 1.54) is 11.3 Å². The molecular weight excluding hydrogens is 410 g/mol. The third kappa shape index (κ3) is 4.22. The van der Waals surface area contributed by atoms with Gasteiger partial charge in [0.25, 0.3) is 0 Å².